The third-order valence-corrected chi connectivity index (χ3v) is 11.1. The predicted octanol–water partition coefficient (Wildman–Crippen LogP) is 1.01. The first-order chi connectivity index (χ1) is 27.2. The number of nitrogens with zero attached hydrogens (tertiary/aromatic N) is 2. The largest absolute Gasteiger partial charge is 0.480 e. The van der Waals surface area contributed by atoms with E-state index in [0.717, 1.165) is 43.9 Å². The molecule has 16 nitrogen and oxygen atoms in total. The zero-order chi connectivity index (χ0) is 43.4. The molecule has 0 saturated carbocycles. The van der Waals surface area contributed by atoms with Crippen LogP contribution in [0.25, 0.3) is 0 Å². The van der Waals surface area contributed by atoms with Crippen molar-refractivity contribution in [2.75, 3.05) is 18.8 Å². The molecule has 0 bridgehead atoms. The van der Waals surface area contributed by atoms with Gasteiger partial charge in [-0.1, -0.05) is 50.8 Å². The number of benzene rings is 1. The molecular weight excluding hydrogens is 788 g/mol. The second-order valence-corrected chi connectivity index (χ2v) is 15.3. The molecule has 2 aliphatic heterocycles. The van der Waals surface area contributed by atoms with Gasteiger partial charge in [0.15, 0.2) is 0 Å². The number of rotatable bonds is 21. The third-order valence-electron chi connectivity index (χ3n) is 10.6. The van der Waals surface area contributed by atoms with Gasteiger partial charge < -0.3 is 47.4 Å². The highest BCUT2D eigenvalue weighted by Crippen LogP contribution is 2.33. The number of halogens is 3. The Morgan fingerprint density at radius 3 is 2.12 bits per heavy atom. The van der Waals surface area contributed by atoms with E-state index in [9.17, 15) is 56.9 Å². The number of amides is 6. The number of nitrogens with two attached hydrogens (primary N) is 2. The Labute approximate surface area is 340 Å². The molecule has 9 N–H and O–H groups in total. The summed E-state index contributed by atoms with van der Waals surface area (Å²) in [6.07, 6.45) is -2.67. The monoisotopic (exact) mass is 843 g/mol. The summed E-state index contributed by atoms with van der Waals surface area (Å²) >= 11 is 4.36. The number of aliphatic carboxylic acids is 1. The Hall–Kier alpha value is -4.43. The Balaban J connectivity index is 1.75. The number of thiol groups is 1. The first-order valence-corrected chi connectivity index (χ1v) is 20.2. The molecule has 2 fully saturated rings. The van der Waals surface area contributed by atoms with Gasteiger partial charge in [-0.2, -0.15) is 25.8 Å². The molecule has 0 aromatic heterocycles. The Morgan fingerprint density at radius 1 is 0.914 bits per heavy atom. The first kappa shape index (κ1) is 47.9. The van der Waals surface area contributed by atoms with Gasteiger partial charge in [-0.15, -0.1) is 0 Å². The molecule has 0 spiro atoms. The van der Waals surface area contributed by atoms with Crippen LogP contribution < -0.4 is 27.4 Å². The van der Waals surface area contributed by atoms with Crippen LogP contribution in [0.4, 0.5) is 13.2 Å². The van der Waals surface area contributed by atoms with Crippen LogP contribution in [-0.4, -0.2) is 122 Å². The summed E-state index contributed by atoms with van der Waals surface area (Å²) < 4.78 is 40.8. The van der Waals surface area contributed by atoms with Crippen molar-refractivity contribution in [1.29, 1.82) is 0 Å². The van der Waals surface area contributed by atoms with Gasteiger partial charge >= 0.3 is 12.1 Å². The van der Waals surface area contributed by atoms with Gasteiger partial charge in [0.2, 0.25) is 35.4 Å². The minimum Gasteiger partial charge on any atom is -0.480 e. The zero-order valence-corrected chi connectivity index (χ0v) is 33.7. The summed E-state index contributed by atoms with van der Waals surface area (Å²) in [5, 5.41) is 27.2. The maximum Gasteiger partial charge on any atom is 0.416 e. The molecule has 3 rings (SSSR count). The van der Waals surface area contributed by atoms with Gasteiger partial charge in [-0.3, -0.25) is 28.8 Å². The van der Waals surface area contributed by atoms with E-state index in [4.69, 9.17) is 11.5 Å². The summed E-state index contributed by atoms with van der Waals surface area (Å²) in [5.41, 5.74) is 8.98. The SMILES string of the molecule is CCCCCC[C@](N)(CS)C(=O)N1CCC[C@H]1C(=O)N1CCC[C@H]1C(=O)N[C@H](C(=O)N[C@@H](CCC(N)=O)C(=O)N[C@@H](Cc1ccccc1C(F)(F)F)C(=O)O)[C@@H](C)O. The lowest BCUT2D eigenvalue weighted by molar-refractivity contribution is -0.149. The number of carboxylic acid groups (broad SMARTS) is 1. The summed E-state index contributed by atoms with van der Waals surface area (Å²) in [4.78, 5) is 94.9. The van der Waals surface area contributed by atoms with E-state index in [1.54, 1.807) is 0 Å². The van der Waals surface area contributed by atoms with Crippen LogP contribution in [0, 0.1) is 0 Å². The fourth-order valence-corrected chi connectivity index (χ4v) is 7.60. The topological polar surface area (TPSA) is 255 Å². The van der Waals surface area contributed by atoms with Crippen LogP contribution in [0.1, 0.15) is 95.6 Å². The van der Waals surface area contributed by atoms with Crippen molar-refractivity contribution < 1.29 is 56.9 Å². The molecule has 1 aromatic carbocycles. The average molecular weight is 844 g/mol. The highest BCUT2D eigenvalue weighted by molar-refractivity contribution is 7.80. The number of hydrogen-bond donors (Lipinski definition) is 8. The number of aliphatic hydroxyl groups is 1. The molecule has 0 unspecified atom stereocenters. The second kappa shape index (κ2) is 21.5. The molecule has 2 heterocycles. The number of primary amides is 1. The van der Waals surface area contributed by atoms with Crippen molar-refractivity contribution in [3.8, 4) is 0 Å². The molecule has 1 aromatic rings. The number of alkyl halides is 3. The van der Waals surface area contributed by atoms with Crippen LogP contribution in [0.15, 0.2) is 24.3 Å². The number of hydrogen-bond acceptors (Lipinski definition) is 10. The summed E-state index contributed by atoms with van der Waals surface area (Å²) in [5.74, 6) is -6.50. The van der Waals surface area contributed by atoms with Crippen molar-refractivity contribution in [2.45, 2.75) is 139 Å². The van der Waals surface area contributed by atoms with E-state index in [0.29, 0.717) is 32.2 Å². The molecule has 7 atom stereocenters. The van der Waals surface area contributed by atoms with Gasteiger partial charge in [0, 0.05) is 31.7 Å². The van der Waals surface area contributed by atoms with Crippen molar-refractivity contribution in [3.05, 3.63) is 35.4 Å². The highest BCUT2D eigenvalue weighted by Gasteiger charge is 2.47. The number of likely N-dealkylation sites (tertiary alicyclic amines) is 2. The molecule has 6 amide bonds. The van der Waals surface area contributed by atoms with E-state index >= 15 is 0 Å². The van der Waals surface area contributed by atoms with E-state index in [2.05, 4.69) is 35.5 Å². The van der Waals surface area contributed by atoms with Gasteiger partial charge in [0.05, 0.1) is 11.7 Å². The molecule has 58 heavy (non-hydrogen) atoms. The molecule has 2 saturated heterocycles. The minimum atomic E-state index is -4.82. The Kier molecular flexibility index (Phi) is 17.8. The van der Waals surface area contributed by atoms with Crippen LogP contribution in [0.5, 0.6) is 0 Å². The van der Waals surface area contributed by atoms with Crippen LogP contribution in [-0.2, 0) is 46.2 Å². The number of unbranched alkanes of at least 4 members (excludes halogenated alkanes) is 3. The standard InChI is InChI=1S/C38H56F3N7O9S/c1-3-4-5-8-17-37(43,21-58)36(57)48-19-10-14-28(48)34(54)47-18-9-13-27(47)32(52)46-30(22(2)49)33(53)44-25(15-16-29(42)50)31(51)45-26(35(55)56)20-23-11-6-7-12-24(23)38(39,40)41/h6-7,11-12,22,25-28,30,49,58H,3-5,8-10,13-21,43H2,1-2H3,(H2,42,50)(H,44,53)(H,45,51)(H,46,52)(H,55,56)/t22-,25+,26+,27+,28+,30+,37+/m1/s1. The molecular formula is C38H56F3N7O9S. The highest BCUT2D eigenvalue weighted by atomic mass is 32.1. The maximum atomic E-state index is 14.0. The molecule has 0 radical (unpaired) electrons. The zero-order valence-electron chi connectivity index (χ0n) is 32.8. The summed E-state index contributed by atoms with van der Waals surface area (Å²) in [6, 6.07) is -3.09. The van der Waals surface area contributed by atoms with Crippen molar-refractivity contribution >= 4 is 54.0 Å². The van der Waals surface area contributed by atoms with Crippen LogP contribution in [0.3, 0.4) is 0 Å². The molecule has 20 heteroatoms. The summed E-state index contributed by atoms with van der Waals surface area (Å²) in [6.45, 7) is 3.70. The lowest BCUT2D eigenvalue weighted by Gasteiger charge is -2.36. The smallest absolute Gasteiger partial charge is 0.416 e. The second-order valence-electron chi connectivity index (χ2n) is 15.0. The van der Waals surface area contributed by atoms with Gasteiger partial charge in [-0.05, 0) is 57.1 Å². The number of nitrogens with one attached hydrogen (secondary N) is 3. The summed E-state index contributed by atoms with van der Waals surface area (Å²) in [7, 11) is 0. The number of aliphatic hydroxyl groups excluding tert-OH is 1. The third kappa shape index (κ3) is 12.8. The van der Waals surface area contributed by atoms with E-state index in [-0.39, 0.29) is 18.7 Å². The van der Waals surface area contributed by atoms with Gasteiger partial charge in [0.1, 0.15) is 35.7 Å². The van der Waals surface area contributed by atoms with E-state index in [1.807, 2.05) is 0 Å². The Bertz CT molecular complexity index is 1650. The lowest BCUT2D eigenvalue weighted by atomic mass is 9.93. The van der Waals surface area contributed by atoms with Gasteiger partial charge in [-0.25, -0.2) is 4.79 Å². The van der Waals surface area contributed by atoms with Crippen LogP contribution >= 0.6 is 12.6 Å². The minimum absolute atomic E-state index is 0.0780. The van der Waals surface area contributed by atoms with Crippen molar-refractivity contribution in [3.63, 3.8) is 0 Å². The normalized spacial score (nSPS) is 20.0. The molecule has 0 aliphatic carbocycles. The lowest BCUT2D eigenvalue weighted by Crippen LogP contribution is -2.62. The van der Waals surface area contributed by atoms with Gasteiger partial charge in [0.25, 0.3) is 0 Å². The number of carboxylic acids is 1. The fraction of sp³-hybridized carbons (Fsp3) is 0.658. The molecule has 2 aliphatic rings. The maximum absolute atomic E-state index is 14.0. The average Bonchev–Trinajstić information content (AvgIpc) is 3.87. The Morgan fingerprint density at radius 2 is 1.53 bits per heavy atom. The van der Waals surface area contributed by atoms with E-state index < -0.39 is 120 Å². The molecule has 324 valence electrons. The number of carbonyl (C=O) groups excluding carboxylic acids is 6. The van der Waals surface area contributed by atoms with E-state index in [1.165, 1.54) is 22.8 Å². The fourth-order valence-electron chi connectivity index (χ4n) is 7.31. The van der Waals surface area contributed by atoms with Crippen LogP contribution in [0.2, 0.25) is 0 Å². The number of carbonyl (C=O) groups is 7. The quantitative estimate of drug-likeness (QED) is 0.0644. The van der Waals surface area contributed by atoms with Crippen molar-refractivity contribution in [2.24, 2.45) is 11.5 Å². The predicted molar refractivity (Wildman–Crippen MR) is 208 cm³/mol. The van der Waals surface area contributed by atoms with Crippen molar-refractivity contribution in [1.82, 2.24) is 25.8 Å². The first-order valence-electron chi connectivity index (χ1n) is 19.5.